The minimum Gasteiger partial charge on any atom is -0.0998 e. The van der Waals surface area contributed by atoms with Crippen molar-refractivity contribution in [1.29, 1.82) is 0 Å². The van der Waals surface area contributed by atoms with E-state index in [1.54, 1.807) is 5.57 Å². The van der Waals surface area contributed by atoms with E-state index in [1.165, 1.54) is 68.9 Å². The Balaban J connectivity index is 1.53. The summed E-state index contributed by atoms with van der Waals surface area (Å²) in [6.45, 7) is 13.8. The minimum atomic E-state index is 0.400. The van der Waals surface area contributed by atoms with E-state index < -0.39 is 0 Å². The van der Waals surface area contributed by atoms with Gasteiger partial charge in [-0.3, -0.25) is 0 Å². The van der Waals surface area contributed by atoms with Crippen molar-refractivity contribution in [3.05, 3.63) is 48.1 Å². The molecule has 25 heavy (non-hydrogen) atoms. The normalized spacial score (nSPS) is 51.3. The number of allylic oxidation sites excluding steroid dienone is 6. The van der Waals surface area contributed by atoms with E-state index in [0.717, 1.165) is 17.8 Å². The maximum Gasteiger partial charge on any atom is -0.00382 e. The molecule has 1 spiro atoms. The standard InChI is InChI=1S/C25H34/c1-17-7-11-23(3)19(15-17)5-6-20-21(23)9-12-24(4)22(20)10-14-25(24)13-8-18(2)16-25/h5-6,15,20-22H,1-2,7-14,16H2,3-4H3/t20?,21?,22?,23?,24?,25-/m1/s1. The summed E-state index contributed by atoms with van der Waals surface area (Å²) < 4.78 is 0. The van der Waals surface area contributed by atoms with Crippen molar-refractivity contribution >= 4 is 0 Å². The molecule has 0 amide bonds. The van der Waals surface area contributed by atoms with Crippen molar-refractivity contribution in [3.63, 3.8) is 0 Å². The molecule has 0 aromatic heterocycles. The molecular weight excluding hydrogens is 300 g/mol. The zero-order valence-electron chi connectivity index (χ0n) is 16.2. The molecule has 5 rings (SSSR count). The van der Waals surface area contributed by atoms with E-state index in [9.17, 15) is 0 Å². The summed E-state index contributed by atoms with van der Waals surface area (Å²) in [5, 5.41) is 0. The average Bonchev–Trinajstić information content (AvgIpc) is 3.10. The fourth-order valence-electron chi connectivity index (χ4n) is 8.08. The van der Waals surface area contributed by atoms with Gasteiger partial charge in [0.1, 0.15) is 0 Å². The van der Waals surface area contributed by atoms with Crippen LogP contribution >= 0.6 is 0 Å². The molecule has 5 unspecified atom stereocenters. The highest BCUT2D eigenvalue weighted by molar-refractivity contribution is 5.41. The van der Waals surface area contributed by atoms with Gasteiger partial charge in [-0.1, -0.05) is 56.4 Å². The molecule has 0 aliphatic heterocycles. The third kappa shape index (κ3) is 1.95. The van der Waals surface area contributed by atoms with Crippen LogP contribution in [0.25, 0.3) is 0 Å². The summed E-state index contributed by atoms with van der Waals surface area (Å²) in [7, 11) is 0. The van der Waals surface area contributed by atoms with Crippen LogP contribution in [-0.4, -0.2) is 0 Å². The zero-order chi connectivity index (χ0) is 17.4. The molecule has 0 heteroatoms. The van der Waals surface area contributed by atoms with Gasteiger partial charge in [-0.05, 0) is 97.4 Å². The lowest BCUT2D eigenvalue weighted by Crippen LogP contribution is -2.50. The first kappa shape index (κ1) is 16.2. The van der Waals surface area contributed by atoms with E-state index >= 15 is 0 Å². The summed E-state index contributed by atoms with van der Waals surface area (Å²) in [5.74, 6) is 2.56. The predicted octanol–water partition coefficient (Wildman–Crippen LogP) is 7.01. The SMILES string of the molecule is C=C1C=C2C=CC3C(CCC4(C)C3CC[C@@]43CCC(=C)C3)C2(C)CC1. The largest absolute Gasteiger partial charge is 0.0998 e. The van der Waals surface area contributed by atoms with E-state index in [2.05, 4.69) is 45.2 Å². The van der Waals surface area contributed by atoms with Gasteiger partial charge in [0.25, 0.3) is 0 Å². The van der Waals surface area contributed by atoms with E-state index in [4.69, 9.17) is 0 Å². The molecular formula is C25H34. The van der Waals surface area contributed by atoms with Crippen LogP contribution in [0.15, 0.2) is 48.1 Å². The Bertz CT molecular complexity index is 706. The van der Waals surface area contributed by atoms with Crippen molar-refractivity contribution in [2.24, 2.45) is 34.0 Å². The van der Waals surface area contributed by atoms with Crippen LogP contribution < -0.4 is 0 Å². The topological polar surface area (TPSA) is 0 Å². The van der Waals surface area contributed by atoms with Crippen molar-refractivity contribution < 1.29 is 0 Å². The van der Waals surface area contributed by atoms with Crippen LogP contribution in [0.3, 0.4) is 0 Å². The van der Waals surface area contributed by atoms with Gasteiger partial charge in [0.15, 0.2) is 0 Å². The number of hydrogen-bond donors (Lipinski definition) is 0. The Hall–Kier alpha value is -1.04. The second kappa shape index (κ2) is 5.02. The average molecular weight is 335 g/mol. The van der Waals surface area contributed by atoms with Gasteiger partial charge in [-0.2, -0.15) is 0 Å². The third-order valence-electron chi connectivity index (χ3n) is 9.71. The molecule has 0 aromatic rings. The van der Waals surface area contributed by atoms with Gasteiger partial charge < -0.3 is 0 Å². The third-order valence-corrected chi connectivity index (χ3v) is 9.71. The first-order valence-corrected chi connectivity index (χ1v) is 10.6. The van der Waals surface area contributed by atoms with Crippen molar-refractivity contribution in [2.45, 2.75) is 71.6 Å². The van der Waals surface area contributed by atoms with Crippen LogP contribution in [0.5, 0.6) is 0 Å². The number of fused-ring (bicyclic) bond motifs is 6. The lowest BCUT2D eigenvalue weighted by Gasteiger charge is -2.58. The monoisotopic (exact) mass is 334 g/mol. The highest BCUT2D eigenvalue weighted by Gasteiger charge is 2.63. The second-order valence-electron chi connectivity index (χ2n) is 10.5. The van der Waals surface area contributed by atoms with E-state index in [-0.39, 0.29) is 0 Å². The molecule has 0 aromatic carbocycles. The molecule has 0 heterocycles. The molecule has 134 valence electrons. The van der Waals surface area contributed by atoms with Gasteiger partial charge in [0.05, 0.1) is 0 Å². The molecule has 0 bridgehead atoms. The Labute approximate surface area is 154 Å². The minimum absolute atomic E-state index is 0.400. The van der Waals surface area contributed by atoms with Gasteiger partial charge in [-0.25, -0.2) is 0 Å². The first-order chi connectivity index (χ1) is 11.9. The Morgan fingerprint density at radius 1 is 0.960 bits per heavy atom. The summed E-state index contributed by atoms with van der Waals surface area (Å²) in [5.41, 5.74) is 5.98. The van der Waals surface area contributed by atoms with Crippen LogP contribution in [0, 0.1) is 34.0 Å². The van der Waals surface area contributed by atoms with Gasteiger partial charge >= 0.3 is 0 Å². The van der Waals surface area contributed by atoms with Crippen LogP contribution in [-0.2, 0) is 0 Å². The summed E-state index contributed by atoms with van der Waals surface area (Å²) in [4.78, 5) is 0. The molecule has 3 fully saturated rings. The van der Waals surface area contributed by atoms with Crippen molar-refractivity contribution in [2.75, 3.05) is 0 Å². The van der Waals surface area contributed by atoms with Crippen LogP contribution in [0.1, 0.15) is 71.6 Å². The quantitative estimate of drug-likeness (QED) is 0.418. The molecule has 5 aliphatic rings. The van der Waals surface area contributed by atoms with Crippen LogP contribution in [0.4, 0.5) is 0 Å². The molecule has 0 nitrogen and oxygen atoms in total. The second-order valence-corrected chi connectivity index (χ2v) is 10.5. The molecule has 0 N–H and O–H groups in total. The number of rotatable bonds is 0. The molecule has 6 atom stereocenters. The number of hydrogen-bond acceptors (Lipinski definition) is 0. The Kier molecular flexibility index (Phi) is 3.24. The smallest absolute Gasteiger partial charge is 0.00382 e. The summed E-state index contributed by atoms with van der Waals surface area (Å²) >= 11 is 0. The molecule has 3 saturated carbocycles. The van der Waals surface area contributed by atoms with Gasteiger partial charge in [-0.15, -0.1) is 0 Å². The summed E-state index contributed by atoms with van der Waals surface area (Å²) in [6, 6.07) is 0. The van der Waals surface area contributed by atoms with Gasteiger partial charge in [0, 0.05) is 0 Å². The molecule has 0 radical (unpaired) electrons. The fraction of sp³-hybridized carbons (Fsp3) is 0.680. The Morgan fingerprint density at radius 3 is 2.52 bits per heavy atom. The predicted molar refractivity (Wildman–Crippen MR) is 106 cm³/mol. The fourth-order valence-corrected chi connectivity index (χ4v) is 8.08. The van der Waals surface area contributed by atoms with E-state index in [0.29, 0.717) is 16.2 Å². The van der Waals surface area contributed by atoms with Crippen LogP contribution in [0.2, 0.25) is 0 Å². The van der Waals surface area contributed by atoms with Crippen molar-refractivity contribution in [1.82, 2.24) is 0 Å². The zero-order valence-corrected chi connectivity index (χ0v) is 16.2. The van der Waals surface area contributed by atoms with E-state index in [1.807, 2.05) is 0 Å². The maximum absolute atomic E-state index is 4.37. The lowest BCUT2D eigenvalue weighted by molar-refractivity contribution is -0.0493. The highest BCUT2D eigenvalue weighted by atomic mass is 14.7. The highest BCUT2D eigenvalue weighted by Crippen LogP contribution is 2.72. The van der Waals surface area contributed by atoms with Crippen molar-refractivity contribution in [3.8, 4) is 0 Å². The summed E-state index contributed by atoms with van der Waals surface area (Å²) in [6.07, 6.45) is 19.9. The molecule has 5 aliphatic carbocycles. The maximum atomic E-state index is 4.37. The molecule has 0 saturated heterocycles. The lowest BCUT2D eigenvalue weighted by atomic mass is 9.46. The van der Waals surface area contributed by atoms with Gasteiger partial charge in [0.2, 0.25) is 0 Å². The first-order valence-electron chi connectivity index (χ1n) is 10.6. The Morgan fingerprint density at radius 2 is 1.76 bits per heavy atom.